The fourth-order valence-corrected chi connectivity index (χ4v) is 2.34. The zero-order valence-electron chi connectivity index (χ0n) is 11.4. The lowest BCUT2D eigenvalue weighted by Gasteiger charge is -2.32. The molecule has 0 spiro atoms. The molecule has 1 aromatic heterocycles. The van der Waals surface area contributed by atoms with Gasteiger partial charge in [-0.3, -0.25) is 0 Å². The molecule has 0 radical (unpaired) electrons. The van der Waals surface area contributed by atoms with Crippen LogP contribution in [-0.2, 0) is 0 Å². The third-order valence-electron chi connectivity index (χ3n) is 3.34. The molecule has 0 amide bonds. The van der Waals surface area contributed by atoms with Crippen LogP contribution in [0.5, 0.6) is 0 Å². The lowest BCUT2D eigenvalue weighted by molar-refractivity contribution is 0.145. The normalized spacial score (nSPS) is 17.0. The maximum absolute atomic E-state index is 9.56. The minimum Gasteiger partial charge on any atom is -0.393 e. The molecule has 1 aromatic rings. The third kappa shape index (κ3) is 2.72. The summed E-state index contributed by atoms with van der Waals surface area (Å²) in [5.74, 6) is 2.72. The number of piperidine rings is 1. The van der Waals surface area contributed by atoms with Gasteiger partial charge in [0.05, 0.1) is 6.10 Å². The van der Waals surface area contributed by atoms with Crippen LogP contribution in [0.3, 0.4) is 0 Å². The highest BCUT2D eigenvalue weighted by Crippen LogP contribution is 2.26. The van der Waals surface area contributed by atoms with Crippen LogP contribution in [0.25, 0.3) is 0 Å². The summed E-state index contributed by atoms with van der Waals surface area (Å²) in [5.41, 5.74) is 1.10. The van der Waals surface area contributed by atoms with Crippen LogP contribution in [0.1, 0.15) is 31.2 Å². The van der Waals surface area contributed by atoms with Gasteiger partial charge in [-0.05, 0) is 33.6 Å². The standard InChI is InChI=1S/C13H22N4O/c1-4-14-12-9(2)13(16-10(3)15-12)17-7-5-11(18)6-8-17/h11,18H,4-8H2,1-3H3,(H,14,15,16). The van der Waals surface area contributed by atoms with Crippen LogP contribution in [0, 0.1) is 13.8 Å². The number of rotatable bonds is 3. The Bertz CT molecular complexity index is 414. The quantitative estimate of drug-likeness (QED) is 0.851. The number of aliphatic hydroxyl groups is 1. The first-order valence-corrected chi connectivity index (χ1v) is 6.64. The Morgan fingerprint density at radius 1 is 1.28 bits per heavy atom. The van der Waals surface area contributed by atoms with E-state index >= 15 is 0 Å². The van der Waals surface area contributed by atoms with Crippen LogP contribution in [0.2, 0.25) is 0 Å². The Kier molecular flexibility index (Phi) is 4.01. The molecule has 0 saturated carbocycles. The van der Waals surface area contributed by atoms with Crippen molar-refractivity contribution in [3.63, 3.8) is 0 Å². The molecule has 0 bridgehead atoms. The highest BCUT2D eigenvalue weighted by atomic mass is 16.3. The van der Waals surface area contributed by atoms with Crippen molar-refractivity contribution >= 4 is 11.6 Å². The van der Waals surface area contributed by atoms with Gasteiger partial charge in [0.25, 0.3) is 0 Å². The summed E-state index contributed by atoms with van der Waals surface area (Å²) in [7, 11) is 0. The Balaban J connectivity index is 2.26. The number of hydrogen-bond acceptors (Lipinski definition) is 5. The van der Waals surface area contributed by atoms with Crippen molar-refractivity contribution < 1.29 is 5.11 Å². The van der Waals surface area contributed by atoms with E-state index in [9.17, 15) is 5.11 Å². The van der Waals surface area contributed by atoms with E-state index in [1.807, 2.05) is 6.92 Å². The van der Waals surface area contributed by atoms with Crippen LogP contribution in [0.15, 0.2) is 0 Å². The molecule has 1 saturated heterocycles. The molecule has 0 unspecified atom stereocenters. The van der Waals surface area contributed by atoms with E-state index < -0.39 is 0 Å². The summed E-state index contributed by atoms with van der Waals surface area (Å²) < 4.78 is 0. The Labute approximate surface area is 108 Å². The zero-order valence-corrected chi connectivity index (χ0v) is 11.4. The van der Waals surface area contributed by atoms with E-state index in [4.69, 9.17) is 0 Å². The number of aliphatic hydroxyl groups excluding tert-OH is 1. The van der Waals surface area contributed by atoms with Crippen molar-refractivity contribution in [3.8, 4) is 0 Å². The van der Waals surface area contributed by atoms with Crippen molar-refractivity contribution in [1.82, 2.24) is 9.97 Å². The molecule has 0 atom stereocenters. The predicted molar refractivity (Wildman–Crippen MR) is 73.1 cm³/mol. The van der Waals surface area contributed by atoms with Crippen molar-refractivity contribution in [1.29, 1.82) is 0 Å². The molecule has 2 rings (SSSR count). The molecule has 5 nitrogen and oxygen atoms in total. The second-order valence-corrected chi connectivity index (χ2v) is 4.82. The lowest BCUT2D eigenvalue weighted by atomic mass is 10.1. The van der Waals surface area contributed by atoms with Gasteiger partial charge >= 0.3 is 0 Å². The van der Waals surface area contributed by atoms with Gasteiger partial charge in [-0.2, -0.15) is 0 Å². The number of aromatic nitrogens is 2. The van der Waals surface area contributed by atoms with Crippen LogP contribution >= 0.6 is 0 Å². The highest BCUT2D eigenvalue weighted by Gasteiger charge is 2.21. The molecule has 1 aliphatic heterocycles. The first kappa shape index (κ1) is 13.1. The molecule has 0 aromatic carbocycles. The first-order valence-electron chi connectivity index (χ1n) is 6.64. The van der Waals surface area contributed by atoms with Gasteiger partial charge in [0.2, 0.25) is 0 Å². The van der Waals surface area contributed by atoms with Gasteiger partial charge in [0.15, 0.2) is 0 Å². The minimum atomic E-state index is -0.155. The van der Waals surface area contributed by atoms with E-state index in [1.54, 1.807) is 0 Å². The molecule has 1 fully saturated rings. The molecule has 2 heterocycles. The summed E-state index contributed by atoms with van der Waals surface area (Å²) in [5, 5.41) is 12.8. The SMILES string of the molecule is CCNc1nc(C)nc(N2CCC(O)CC2)c1C. The van der Waals surface area contributed by atoms with Gasteiger partial charge < -0.3 is 15.3 Å². The summed E-state index contributed by atoms with van der Waals surface area (Å²) in [4.78, 5) is 11.2. The molecular formula is C13H22N4O. The monoisotopic (exact) mass is 250 g/mol. The van der Waals surface area contributed by atoms with Crippen molar-refractivity contribution in [2.75, 3.05) is 29.9 Å². The molecular weight excluding hydrogens is 228 g/mol. The average molecular weight is 250 g/mol. The number of nitrogens with one attached hydrogen (secondary N) is 1. The third-order valence-corrected chi connectivity index (χ3v) is 3.34. The fraction of sp³-hybridized carbons (Fsp3) is 0.692. The van der Waals surface area contributed by atoms with Gasteiger partial charge in [-0.15, -0.1) is 0 Å². The summed E-state index contributed by atoms with van der Waals surface area (Å²) in [6.45, 7) is 8.62. The van der Waals surface area contributed by atoms with Crippen molar-refractivity contribution in [2.45, 2.75) is 39.7 Å². The summed E-state index contributed by atoms with van der Waals surface area (Å²) in [6.07, 6.45) is 1.48. The van der Waals surface area contributed by atoms with Gasteiger partial charge in [-0.25, -0.2) is 9.97 Å². The van der Waals surface area contributed by atoms with E-state index in [1.165, 1.54) is 0 Å². The maximum Gasteiger partial charge on any atom is 0.137 e. The Hall–Kier alpha value is -1.36. The smallest absolute Gasteiger partial charge is 0.137 e. The van der Waals surface area contributed by atoms with Crippen molar-refractivity contribution in [3.05, 3.63) is 11.4 Å². The van der Waals surface area contributed by atoms with Gasteiger partial charge in [0, 0.05) is 25.2 Å². The topological polar surface area (TPSA) is 61.3 Å². The zero-order chi connectivity index (χ0) is 13.1. The maximum atomic E-state index is 9.56. The predicted octanol–water partition coefficient (Wildman–Crippen LogP) is 1.49. The second-order valence-electron chi connectivity index (χ2n) is 4.82. The second kappa shape index (κ2) is 5.52. The Morgan fingerprint density at radius 3 is 2.56 bits per heavy atom. The molecule has 100 valence electrons. The molecule has 1 aliphatic rings. The number of anilines is 2. The van der Waals surface area contributed by atoms with E-state index in [-0.39, 0.29) is 6.10 Å². The molecule has 0 aliphatic carbocycles. The summed E-state index contributed by atoms with van der Waals surface area (Å²) in [6, 6.07) is 0. The average Bonchev–Trinajstić information content (AvgIpc) is 2.35. The Morgan fingerprint density at radius 2 is 1.94 bits per heavy atom. The molecule has 18 heavy (non-hydrogen) atoms. The fourth-order valence-electron chi connectivity index (χ4n) is 2.34. The lowest BCUT2D eigenvalue weighted by Crippen LogP contribution is -2.37. The molecule has 5 heteroatoms. The van der Waals surface area contributed by atoms with Crippen LogP contribution in [-0.4, -0.2) is 40.8 Å². The highest BCUT2D eigenvalue weighted by molar-refractivity contribution is 5.58. The number of nitrogens with zero attached hydrogens (tertiary/aromatic N) is 3. The largest absolute Gasteiger partial charge is 0.393 e. The van der Waals surface area contributed by atoms with Crippen molar-refractivity contribution in [2.24, 2.45) is 0 Å². The van der Waals surface area contributed by atoms with Gasteiger partial charge in [0.1, 0.15) is 17.5 Å². The first-order chi connectivity index (χ1) is 8.61. The number of hydrogen-bond donors (Lipinski definition) is 2. The van der Waals surface area contributed by atoms with Crippen LogP contribution < -0.4 is 10.2 Å². The minimum absolute atomic E-state index is 0.155. The van der Waals surface area contributed by atoms with E-state index in [2.05, 4.69) is 34.0 Å². The molecule has 2 N–H and O–H groups in total. The van der Waals surface area contributed by atoms with Crippen LogP contribution in [0.4, 0.5) is 11.6 Å². The van der Waals surface area contributed by atoms with Gasteiger partial charge in [-0.1, -0.05) is 0 Å². The van der Waals surface area contributed by atoms with E-state index in [0.717, 1.165) is 55.5 Å². The summed E-state index contributed by atoms with van der Waals surface area (Å²) >= 11 is 0. The number of aryl methyl sites for hydroxylation is 1. The van der Waals surface area contributed by atoms with E-state index in [0.29, 0.717) is 0 Å².